The van der Waals surface area contributed by atoms with Crippen LogP contribution in [0, 0.1) is 0 Å². The molecule has 2 unspecified atom stereocenters. The summed E-state index contributed by atoms with van der Waals surface area (Å²) in [5.74, 6) is 0.858. The fraction of sp³-hybridized carbons (Fsp3) is 0.438. The minimum atomic E-state index is 0.202. The highest BCUT2D eigenvalue weighted by Gasteiger charge is 2.25. The lowest BCUT2D eigenvalue weighted by Crippen LogP contribution is -2.25. The number of fused-ring (bicyclic) bond motifs is 1. The fourth-order valence-corrected chi connectivity index (χ4v) is 2.61. The highest BCUT2D eigenvalue weighted by atomic mass is 16.5. The van der Waals surface area contributed by atoms with E-state index in [2.05, 4.69) is 16.4 Å². The Morgan fingerprint density at radius 2 is 2.20 bits per heavy atom. The van der Waals surface area contributed by atoms with E-state index in [1.165, 1.54) is 0 Å². The van der Waals surface area contributed by atoms with E-state index in [-0.39, 0.29) is 6.10 Å². The van der Waals surface area contributed by atoms with E-state index in [0.717, 1.165) is 36.0 Å². The molecule has 1 aliphatic heterocycles. The largest absolute Gasteiger partial charge is 0.491 e. The minimum absolute atomic E-state index is 0.202. The molecule has 0 spiro atoms. The summed E-state index contributed by atoms with van der Waals surface area (Å²) in [6.07, 6.45) is 4.50. The monoisotopic (exact) mass is 272 g/mol. The van der Waals surface area contributed by atoms with Gasteiger partial charge in [-0.15, -0.1) is 0 Å². The van der Waals surface area contributed by atoms with Crippen LogP contribution in [0.4, 0.5) is 0 Å². The van der Waals surface area contributed by atoms with Gasteiger partial charge in [-0.25, -0.2) is 0 Å². The second-order valence-electron chi connectivity index (χ2n) is 5.18. The molecule has 0 radical (unpaired) electrons. The number of hydrogen-bond acceptors (Lipinski definition) is 4. The van der Waals surface area contributed by atoms with Crippen LogP contribution in [0.5, 0.6) is 5.75 Å². The smallest absolute Gasteiger partial charge is 0.121 e. The summed E-state index contributed by atoms with van der Waals surface area (Å²) in [7, 11) is 1.95. The summed E-state index contributed by atoms with van der Waals surface area (Å²) in [5.41, 5.74) is 0.963. The van der Waals surface area contributed by atoms with Gasteiger partial charge in [0.25, 0.3) is 0 Å². The lowest BCUT2D eigenvalue weighted by atomic mass is 10.2. The average Bonchev–Trinajstić information content (AvgIpc) is 2.93. The Morgan fingerprint density at radius 3 is 3.10 bits per heavy atom. The highest BCUT2D eigenvalue weighted by Crippen LogP contribution is 2.22. The Bertz CT molecular complexity index is 573. The van der Waals surface area contributed by atoms with Gasteiger partial charge in [-0.3, -0.25) is 4.98 Å². The normalized spacial score (nSPS) is 22.2. The van der Waals surface area contributed by atoms with E-state index >= 15 is 0 Å². The Hall–Kier alpha value is -1.65. The number of pyridine rings is 1. The van der Waals surface area contributed by atoms with E-state index in [1.807, 2.05) is 31.3 Å². The summed E-state index contributed by atoms with van der Waals surface area (Å²) >= 11 is 0. The van der Waals surface area contributed by atoms with Gasteiger partial charge in [-0.05, 0) is 38.1 Å². The molecule has 2 aromatic rings. The van der Waals surface area contributed by atoms with Gasteiger partial charge in [0.2, 0.25) is 0 Å². The van der Waals surface area contributed by atoms with Gasteiger partial charge in [-0.2, -0.15) is 0 Å². The average molecular weight is 272 g/mol. The van der Waals surface area contributed by atoms with Crippen molar-refractivity contribution in [2.24, 2.45) is 0 Å². The van der Waals surface area contributed by atoms with Crippen molar-refractivity contribution in [2.45, 2.75) is 25.0 Å². The van der Waals surface area contributed by atoms with E-state index in [4.69, 9.17) is 9.47 Å². The molecule has 1 aromatic heterocycles. The van der Waals surface area contributed by atoms with Crippen LogP contribution >= 0.6 is 0 Å². The van der Waals surface area contributed by atoms with Gasteiger partial charge in [0.1, 0.15) is 12.4 Å². The lowest BCUT2D eigenvalue weighted by molar-refractivity contribution is 0.0194. The van der Waals surface area contributed by atoms with Crippen LogP contribution < -0.4 is 10.1 Å². The zero-order chi connectivity index (χ0) is 13.8. The molecule has 2 heterocycles. The first kappa shape index (κ1) is 13.3. The molecule has 2 atom stereocenters. The number of likely N-dealkylation sites (N-methyl/N-ethyl adjacent to an activating group) is 1. The van der Waals surface area contributed by atoms with Gasteiger partial charge in [0, 0.05) is 24.2 Å². The maximum Gasteiger partial charge on any atom is 0.121 e. The number of hydrogen-bond donors (Lipinski definition) is 1. The summed E-state index contributed by atoms with van der Waals surface area (Å²) < 4.78 is 11.7. The third kappa shape index (κ3) is 3.08. The van der Waals surface area contributed by atoms with Gasteiger partial charge in [0.15, 0.2) is 0 Å². The van der Waals surface area contributed by atoms with Crippen LogP contribution in [0.15, 0.2) is 36.5 Å². The molecule has 1 aromatic carbocycles. The maximum absolute atomic E-state index is 5.91. The van der Waals surface area contributed by atoms with Crippen molar-refractivity contribution in [3.63, 3.8) is 0 Å². The van der Waals surface area contributed by atoms with E-state index < -0.39 is 0 Å². The molecule has 20 heavy (non-hydrogen) atoms. The first-order valence-electron chi connectivity index (χ1n) is 7.13. The van der Waals surface area contributed by atoms with Crippen molar-refractivity contribution >= 4 is 10.9 Å². The van der Waals surface area contributed by atoms with Gasteiger partial charge < -0.3 is 14.8 Å². The summed E-state index contributed by atoms with van der Waals surface area (Å²) in [6.45, 7) is 1.52. The van der Waals surface area contributed by atoms with Crippen molar-refractivity contribution < 1.29 is 9.47 Å². The summed E-state index contributed by atoms with van der Waals surface area (Å²) in [6, 6.07) is 10.0. The minimum Gasteiger partial charge on any atom is -0.491 e. The molecular weight excluding hydrogens is 252 g/mol. The number of ether oxygens (including phenoxy) is 2. The third-order valence-corrected chi connectivity index (χ3v) is 3.64. The zero-order valence-electron chi connectivity index (χ0n) is 11.7. The molecule has 0 saturated carbocycles. The number of benzene rings is 1. The zero-order valence-corrected chi connectivity index (χ0v) is 11.7. The van der Waals surface area contributed by atoms with Crippen molar-refractivity contribution in [3.8, 4) is 5.75 Å². The van der Waals surface area contributed by atoms with Gasteiger partial charge >= 0.3 is 0 Å². The van der Waals surface area contributed by atoms with Crippen molar-refractivity contribution in [3.05, 3.63) is 36.5 Å². The van der Waals surface area contributed by atoms with Crippen LogP contribution in [0.1, 0.15) is 12.8 Å². The Labute approximate surface area is 119 Å². The molecule has 0 aliphatic carbocycles. The molecule has 0 bridgehead atoms. The first-order chi connectivity index (χ1) is 9.85. The van der Waals surface area contributed by atoms with E-state index in [1.54, 1.807) is 6.20 Å². The SMILES string of the molecule is CNCC1CCC(COc2ccc3cccnc3c2)O1. The maximum atomic E-state index is 5.91. The summed E-state index contributed by atoms with van der Waals surface area (Å²) in [5, 5.41) is 4.28. The second-order valence-corrected chi connectivity index (χ2v) is 5.18. The fourth-order valence-electron chi connectivity index (χ4n) is 2.61. The van der Waals surface area contributed by atoms with Crippen LogP contribution in [0.2, 0.25) is 0 Å². The topological polar surface area (TPSA) is 43.4 Å². The number of nitrogens with zero attached hydrogens (tertiary/aromatic N) is 1. The highest BCUT2D eigenvalue weighted by molar-refractivity contribution is 5.79. The number of rotatable bonds is 5. The number of aromatic nitrogens is 1. The van der Waals surface area contributed by atoms with Crippen molar-refractivity contribution in [2.75, 3.05) is 20.2 Å². The predicted octanol–water partition coefficient (Wildman–Crippen LogP) is 2.38. The van der Waals surface area contributed by atoms with Crippen LogP contribution in [-0.2, 0) is 4.74 Å². The molecule has 1 fully saturated rings. The third-order valence-electron chi connectivity index (χ3n) is 3.64. The van der Waals surface area contributed by atoms with Gasteiger partial charge in [-0.1, -0.05) is 6.07 Å². The molecule has 106 valence electrons. The number of nitrogens with one attached hydrogen (secondary N) is 1. The van der Waals surface area contributed by atoms with Crippen molar-refractivity contribution in [1.82, 2.24) is 10.3 Å². The molecular formula is C16H20N2O2. The molecule has 1 N–H and O–H groups in total. The van der Waals surface area contributed by atoms with Crippen LogP contribution in [0.25, 0.3) is 10.9 Å². The lowest BCUT2D eigenvalue weighted by Gasteiger charge is -2.14. The van der Waals surface area contributed by atoms with Crippen molar-refractivity contribution in [1.29, 1.82) is 0 Å². The molecule has 0 amide bonds. The van der Waals surface area contributed by atoms with Gasteiger partial charge in [0.05, 0.1) is 17.7 Å². The van der Waals surface area contributed by atoms with E-state index in [0.29, 0.717) is 12.7 Å². The standard InChI is InChI=1S/C16H20N2O2/c1-17-10-14-6-7-15(20-14)11-19-13-5-4-12-3-2-8-18-16(12)9-13/h2-5,8-9,14-15,17H,6-7,10-11H2,1H3. The quantitative estimate of drug-likeness (QED) is 0.907. The molecule has 1 aliphatic rings. The molecule has 4 nitrogen and oxygen atoms in total. The second kappa shape index (κ2) is 6.20. The Morgan fingerprint density at radius 1 is 1.30 bits per heavy atom. The summed E-state index contributed by atoms with van der Waals surface area (Å²) in [4.78, 5) is 4.34. The molecule has 3 rings (SSSR count). The van der Waals surface area contributed by atoms with E-state index in [9.17, 15) is 0 Å². The van der Waals surface area contributed by atoms with Crippen LogP contribution in [-0.4, -0.2) is 37.4 Å². The molecule has 4 heteroatoms. The molecule has 1 saturated heterocycles. The Kier molecular flexibility index (Phi) is 4.14. The predicted molar refractivity (Wildman–Crippen MR) is 79.1 cm³/mol. The Balaban J connectivity index is 1.57. The van der Waals surface area contributed by atoms with Crippen LogP contribution in [0.3, 0.4) is 0 Å². The first-order valence-corrected chi connectivity index (χ1v) is 7.13.